The van der Waals surface area contributed by atoms with Gasteiger partial charge in [0, 0.05) is 25.4 Å². The zero-order chi connectivity index (χ0) is 19.3. The fraction of sp³-hybridized carbons (Fsp3) is 0.500. The van der Waals surface area contributed by atoms with Gasteiger partial charge in [0.1, 0.15) is 5.82 Å². The standard InChI is InChI=1S/C20H26N4O3S/c1-3-8-24-19(21-22-20(24)28-13-16-5-4-9-25-16)12-23(2)11-15-6-7-17-18(10-15)27-14-26-17/h3,6-7,10,16H,1,4-5,8-9,11-14H2,2H3. The SMILES string of the molecule is C=CCn1c(CN(C)Cc2ccc3c(c2)OCO3)nnc1SCC1CCCO1. The van der Waals surface area contributed by atoms with Gasteiger partial charge in [-0.2, -0.15) is 0 Å². The van der Waals surface area contributed by atoms with Gasteiger partial charge in [0.25, 0.3) is 0 Å². The zero-order valence-corrected chi connectivity index (χ0v) is 17.0. The van der Waals surface area contributed by atoms with Crippen LogP contribution in [0.3, 0.4) is 0 Å². The van der Waals surface area contributed by atoms with Crippen LogP contribution in [0.4, 0.5) is 0 Å². The number of hydrogen-bond donors (Lipinski definition) is 0. The smallest absolute Gasteiger partial charge is 0.231 e. The summed E-state index contributed by atoms with van der Waals surface area (Å²) in [6.45, 7) is 7.25. The molecule has 2 aromatic rings. The molecule has 8 heteroatoms. The Balaban J connectivity index is 1.39. The van der Waals surface area contributed by atoms with Crippen molar-refractivity contribution in [2.45, 2.75) is 43.7 Å². The third kappa shape index (κ3) is 4.51. The summed E-state index contributed by atoms with van der Waals surface area (Å²) in [6, 6.07) is 6.07. The average Bonchev–Trinajstić information content (AvgIpc) is 3.42. The van der Waals surface area contributed by atoms with E-state index in [1.165, 1.54) is 5.56 Å². The molecule has 1 saturated heterocycles. The van der Waals surface area contributed by atoms with Gasteiger partial charge in [0.2, 0.25) is 6.79 Å². The molecule has 0 radical (unpaired) electrons. The van der Waals surface area contributed by atoms with Crippen LogP contribution in [0, 0.1) is 0 Å². The highest BCUT2D eigenvalue weighted by Gasteiger charge is 2.19. The summed E-state index contributed by atoms with van der Waals surface area (Å²) in [4.78, 5) is 2.22. The highest BCUT2D eigenvalue weighted by Crippen LogP contribution is 2.32. The summed E-state index contributed by atoms with van der Waals surface area (Å²) in [5, 5.41) is 9.78. The van der Waals surface area contributed by atoms with Crippen molar-refractivity contribution in [1.82, 2.24) is 19.7 Å². The Bertz CT molecular complexity index is 820. The molecule has 1 aromatic carbocycles. The summed E-state index contributed by atoms with van der Waals surface area (Å²) >= 11 is 1.72. The van der Waals surface area contributed by atoms with E-state index in [2.05, 4.69) is 39.4 Å². The second kappa shape index (κ2) is 8.98. The van der Waals surface area contributed by atoms with Crippen molar-refractivity contribution >= 4 is 11.8 Å². The first kappa shape index (κ1) is 19.3. The molecule has 2 aliphatic rings. The number of allylic oxidation sites excluding steroid dienone is 1. The van der Waals surface area contributed by atoms with Crippen molar-refractivity contribution in [2.75, 3.05) is 26.2 Å². The molecule has 1 aromatic heterocycles. The lowest BCUT2D eigenvalue weighted by Crippen LogP contribution is -2.20. The third-order valence-corrected chi connectivity index (χ3v) is 5.93. The number of fused-ring (bicyclic) bond motifs is 1. The first-order chi connectivity index (χ1) is 13.7. The van der Waals surface area contributed by atoms with E-state index < -0.39 is 0 Å². The Morgan fingerprint density at radius 2 is 2.18 bits per heavy atom. The first-order valence-electron chi connectivity index (χ1n) is 9.57. The lowest BCUT2D eigenvalue weighted by molar-refractivity contribution is 0.129. The lowest BCUT2D eigenvalue weighted by Gasteiger charge is -2.17. The topological polar surface area (TPSA) is 61.6 Å². The van der Waals surface area contributed by atoms with Crippen LogP contribution in [0.25, 0.3) is 0 Å². The Morgan fingerprint density at radius 3 is 3.00 bits per heavy atom. The van der Waals surface area contributed by atoms with Crippen molar-refractivity contribution in [1.29, 1.82) is 0 Å². The summed E-state index contributed by atoms with van der Waals surface area (Å²) < 4.78 is 18.7. The Kier molecular flexibility index (Phi) is 6.19. The first-order valence-corrected chi connectivity index (χ1v) is 10.6. The summed E-state index contributed by atoms with van der Waals surface area (Å²) in [5.41, 5.74) is 1.18. The Hall–Kier alpha value is -2.03. The molecule has 1 atom stereocenters. The summed E-state index contributed by atoms with van der Waals surface area (Å²) in [5.74, 6) is 3.49. The highest BCUT2D eigenvalue weighted by molar-refractivity contribution is 7.99. The molecule has 0 amide bonds. The molecular formula is C20H26N4O3S. The normalized spacial score (nSPS) is 18.1. The predicted molar refractivity (Wildman–Crippen MR) is 108 cm³/mol. The summed E-state index contributed by atoms with van der Waals surface area (Å²) in [7, 11) is 2.08. The monoisotopic (exact) mass is 402 g/mol. The molecule has 7 nitrogen and oxygen atoms in total. The number of aromatic nitrogens is 3. The van der Waals surface area contributed by atoms with Gasteiger partial charge in [0.15, 0.2) is 16.7 Å². The molecule has 0 bridgehead atoms. The van der Waals surface area contributed by atoms with Gasteiger partial charge < -0.3 is 18.8 Å². The molecule has 28 heavy (non-hydrogen) atoms. The maximum atomic E-state index is 5.72. The second-order valence-electron chi connectivity index (χ2n) is 7.10. The van der Waals surface area contributed by atoms with E-state index in [4.69, 9.17) is 14.2 Å². The molecule has 0 saturated carbocycles. The predicted octanol–water partition coefficient (Wildman–Crippen LogP) is 3.10. The molecule has 1 fully saturated rings. The van der Waals surface area contributed by atoms with E-state index in [-0.39, 0.29) is 0 Å². The van der Waals surface area contributed by atoms with Crippen LogP contribution in [0.15, 0.2) is 36.0 Å². The molecule has 4 rings (SSSR count). The van der Waals surface area contributed by atoms with Gasteiger partial charge in [-0.15, -0.1) is 16.8 Å². The van der Waals surface area contributed by atoms with E-state index in [0.29, 0.717) is 26.0 Å². The summed E-state index contributed by atoms with van der Waals surface area (Å²) in [6.07, 6.45) is 4.51. The van der Waals surface area contributed by atoms with Gasteiger partial charge in [-0.25, -0.2) is 0 Å². The third-order valence-electron chi connectivity index (χ3n) is 4.83. The van der Waals surface area contributed by atoms with Gasteiger partial charge in [0.05, 0.1) is 12.6 Å². The maximum absolute atomic E-state index is 5.72. The number of rotatable bonds is 9. The van der Waals surface area contributed by atoms with Crippen LogP contribution < -0.4 is 9.47 Å². The van der Waals surface area contributed by atoms with E-state index >= 15 is 0 Å². The Labute approximate surface area is 169 Å². The number of ether oxygens (including phenoxy) is 3. The van der Waals surface area contributed by atoms with Gasteiger partial charge in [-0.3, -0.25) is 4.90 Å². The molecule has 1 unspecified atom stereocenters. The molecule has 2 aliphatic heterocycles. The van der Waals surface area contributed by atoms with Crippen LogP contribution in [0.5, 0.6) is 11.5 Å². The number of benzene rings is 1. The fourth-order valence-corrected chi connectivity index (χ4v) is 4.48. The molecule has 0 N–H and O–H groups in total. The molecular weight excluding hydrogens is 376 g/mol. The van der Waals surface area contributed by atoms with Crippen molar-refractivity contribution in [3.8, 4) is 11.5 Å². The second-order valence-corrected chi connectivity index (χ2v) is 8.09. The minimum Gasteiger partial charge on any atom is -0.454 e. The van der Waals surface area contributed by atoms with Crippen LogP contribution >= 0.6 is 11.8 Å². The number of hydrogen-bond acceptors (Lipinski definition) is 7. The lowest BCUT2D eigenvalue weighted by atomic mass is 10.2. The number of nitrogens with zero attached hydrogens (tertiary/aromatic N) is 4. The highest BCUT2D eigenvalue weighted by atomic mass is 32.2. The van der Waals surface area contributed by atoms with Crippen LogP contribution in [0.1, 0.15) is 24.2 Å². The molecule has 150 valence electrons. The van der Waals surface area contributed by atoms with Crippen molar-refractivity contribution in [3.05, 3.63) is 42.2 Å². The van der Waals surface area contributed by atoms with Crippen LogP contribution in [-0.2, 0) is 24.4 Å². The van der Waals surface area contributed by atoms with Gasteiger partial charge in [-0.05, 0) is 37.6 Å². The van der Waals surface area contributed by atoms with E-state index in [1.807, 2.05) is 18.2 Å². The Morgan fingerprint density at radius 1 is 1.29 bits per heavy atom. The molecule has 3 heterocycles. The minimum atomic E-state index is 0.297. The van der Waals surface area contributed by atoms with E-state index in [9.17, 15) is 0 Å². The van der Waals surface area contributed by atoms with Crippen molar-refractivity contribution < 1.29 is 14.2 Å². The van der Waals surface area contributed by atoms with Crippen LogP contribution in [-0.4, -0.2) is 52.0 Å². The fourth-order valence-electron chi connectivity index (χ4n) is 3.45. The molecule has 0 aliphatic carbocycles. The number of thioether (sulfide) groups is 1. The van der Waals surface area contributed by atoms with Crippen molar-refractivity contribution in [3.63, 3.8) is 0 Å². The minimum absolute atomic E-state index is 0.297. The van der Waals surface area contributed by atoms with Crippen LogP contribution in [0.2, 0.25) is 0 Å². The quantitative estimate of drug-likeness (QED) is 0.472. The molecule has 0 spiro atoms. The largest absolute Gasteiger partial charge is 0.454 e. The zero-order valence-electron chi connectivity index (χ0n) is 16.2. The van der Waals surface area contributed by atoms with E-state index in [0.717, 1.165) is 54.2 Å². The maximum Gasteiger partial charge on any atom is 0.231 e. The van der Waals surface area contributed by atoms with Gasteiger partial charge >= 0.3 is 0 Å². The van der Waals surface area contributed by atoms with Gasteiger partial charge in [-0.1, -0.05) is 23.9 Å². The average molecular weight is 403 g/mol. The van der Waals surface area contributed by atoms with E-state index in [1.54, 1.807) is 11.8 Å². The van der Waals surface area contributed by atoms with Crippen molar-refractivity contribution in [2.24, 2.45) is 0 Å².